The molecule has 0 saturated carbocycles. The van der Waals surface area contributed by atoms with Gasteiger partial charge in [0.05, 0.1) is 11.1 Å². The summed E-state index contributed by atoms with van der Waals surface area (Å²) in [5.41, 5.74) is 20.8. The highest BCUT2D eigenvalue weighted by atomic mass is 16.3. The fraction of sp³-hybridized carbons (Fsp3) is 0.127. The van der Waals surface area contributed by atoms with Gasteiger partial charge in [0.1, 0.15) is 5.58 Å². The molecule has 10 aromatic rings. The van der Waals surface area contributed by atoms with Crippen LogP contribution in [-0.4, -0.2) is 11.3 Å². The molecule has 0 bridgehead atoms. The van der Waals surface area contributed by atoms with Crippen molar-refractivity contribution in [2.24, 2.45) is 0 Å². The number of hydrogen-bond donors (Lipinski definition) is 0. The lowest BCUT2D eigenvalue weighted by Gasteiger charge is -2.42. The van der Waals surface area contributed by atoms with Crippen LogP contribution in [0.2, 0.25) is 0 Å². The van der Waals surface area contributed by atoms with E-state index in [4.69, 9.17) is 4.42 Å². The summed E-state index contributed by atoms with van der Waals surface area (Å²) in [6.07, 6.45) is 0. The topological polar surface area (TPSA) is 21.3 Å². The van der Waals surface area contributed by atoms with Crippen LogP contribution in [0.4, 0.5) is 17.1 Å². The summed E-state index contributed by atoms with van der Waals surface area (Å²) in [5.74, 6) is 0. The number of para-hydroxylation sites is 2. The van der Waals surface area contributed by atoms with Crippen LogP contribution in [-0.2, 0) is 10.8 Å². The van der Waals surface area contributed by atoms with Crippen LogP contribution in [0.5, 0.6) is 0 Å². The summed E-state index contributed by atoms with van der Waals surface area (Å²) >= 11 is 0. The van der Waals surface area contributed by atoms with E-state index >= 15 is 0 Å². The Bertz CT molecular complexity index is 3470. The summed E-state index contributed by atoms with van der Waals surface area (Å²) < 4.78 is 9.59. The van der Waals surface area contributed by atoms with Crippen molar-refractivity contribution in [3.63, 3.8) is 0 Å². The van der Waals surface area contributed by atoms with Gasteiger partial charge in [-0.3, -0.25) is 0 Å². The third kappa shape index (κ3) is 4.23. The Balaban J connectivity index is 1.23. The van der Waals surface area contributed by atoms with Gasteiger partial charge in [-0.05, 0) is 96.4 Å². The van der Waals surface area contributed by atoms with Crippen molar-refractivity contribution < 1.29 is 4.42 Å². The van der Waals surface area contributed by atoms with Gasteiger partial charge in [-0.15, -0.1) is 0 Å². The van der Waals surface area contributed by atoms with Crippen molar-refractivity contribution >= 4 is 78.6 Å². The molecular formula is C55H41BN2O. The largest absolute Gasteiger partial charge is 0.441 e. The van der Waals surface area contributed by atoms with Crippen LogP contribution in [0.15, 0.2) is 162 Å². The van der Waals surface area contributed by atoms with Gasteiger partial charge in [-0.2, -0.15) is 0 Å². The summed E-state index contributed by atoms with van der Waals surface area (Å²) in [6, 6.07) is 59.2. The Labute approximate surface area is 344 Å². The van der Waals surface area contributed by atoms with E-state index in [9.17, 15) is 0 Å². The van der Waals surface area contributed by atoms with E-state index in [1.807, 2.05) is 0 Å². The third-order valence-electron chi connectivity index (χ3n) is 13.9. The maximum Gasteiger partial charge on any atom is 0.336 e. The van der Waals surface area contributed by atoms with Crippen LogP contribution in [0.25, 0.3) is 77.1 Å². The van der Waals surface area contributed by atoms with Gasteiger partial charge in [0.15, 0.2) is 5.71 Å². The second kappa shape index (κ2) is 11.2. The minimum atomic E-state index is -0.175. The molecule has 3 nitrogen and oxygen atoms in total. The Hall–Kier alpha value is -6.78. The quantitative estimate of drug-likeness (QED) is 0.164. The SMILES string of the molecule is CC(C)(C)c1ccc(N2c3cc4c(cc3B3c5c2cc2ccccc2c5-c2cccc5c6c7ccccc7oc6n3c25)-c2ccccc2C4(C)C)c(-c2ccccc2)c1. The van der Waals surface area contributed by atoms with Crippen LogP contribution >= 0.6 is 0 Å². The zero-order valence-corrected chi connectivity index (χ0v) is 33.9. The number of rotatable bonds is 2. The lowest BCUT2D eigenvalue weighted by Crippen LogP contribution is -2.57. The number of fused-ring (bicyclic) bond motifs is 14. The van der Waals surface area contributed by atoms with Gasteiger partial charge in [0, 0.05) is 44.2 Å². The van der Waals surface area contributed by atoms with Crippen molar-refractivity contribution in [3.05, 3.63) is 174 Å². The number of furan rings is 1. The molecule has 0 saturated heterocycles. The smallest absolute Gasteiger partial charge is 0.336 e. The summed E-state index contributed by atoms with van der Waals surface area (Å²) in [7, 11) is 0. The molecule has 2 aromatic heterocycles. The van der Waals surface area contributed by atoms with Crippen molar-refractivity contribution in [2.75, 3.05) is 4.90 Å². The molecule has 280 valence electrons. The maximum absolute atomic E-state index is 7.03. The molecule has 0 N–H and O–H groups in total. The standard InChI is InChI=1S/C55H41BN2O/c1-54(2,3)34-26-27-45(40(29-34)32-16-7-6-8-17-32)57-46-31-43-41(36-20-11-13-24-42(36)55(43,4)5)30-44(46)56-51-47(57)28-33-18-9-10-19-35(33)49(51)38-22-15-23-39-50-37-21-12-14-25-48(37)59-53(50)58(56)52(38)39/h6-31H,1-5H3. The van der Waals surface area contributed by atoms with E-state index in [1.54, 1.807) is 0 Å². The molecule has 0 spiro atoms. The second-order valence-electron chi connectivity index (χ2n) is 18.5. The van der Waals surface area contributed by atoms with Gasteiger partial charge >= 0.3 is 6.85 Å². The van der Waals surface area contributed by atoms with Gasteiger partial charge in [0.25, 0.3) is 0 Å². The van der Waals surface area contributed by atoms with Crippen LogP contribution in [0, 0.1) is 0 Å². The number of hydrogen-bond acceptors (Lipinski definition) is 2. The van der Waals surface area contributed by atoms with Gasteiger partial charge in [-0.25, -0.2) is 0 Å². The molecule has 59 heavy (non-hydrogen) atoms. The summed E-state index contributed by atoms with van der Waals surface area (Å²) in [6.45, 7) is 11.6. The Morgan fingerprint density at radius 3 is 2.14 bits per heavy atom. The number of benzene rings is 8. The van der Waals surface area contributed by atoms with E-state index in [0.29, 0.717) is 0 Å². The van der Waals surface area contributed by atoms with Crippen molar-refractivity contribution in [3.8, 4) is 33.4 Å². The maximum atomic E-state index is 7.03. The van der Waals surface area contributed by atoms with Crippen LogP contribution in [0.3, 0.4) is 0 Å². The molecule has 13 rings (SSSR count). The van der Waals surface area contributed by atoms with Crippen molar-refractivity contribution in [1.82, 2.24) is 4.48 Å². The van der Waals surface area contributed by atoms with Gasteiger partial charge < -0.3 is 13.8 Å². The predicted molar refractivity (Wildman–Crippen MR) is 249 cm³/mol. The predicted octanol–water partition coefficient (Wildman–Crippen LogP) is 13.4. The van der Waals surface area contributed by atoms with Crippen molar-refractivity contribution in [1.29, 1.82) is 0 Å². The Morgan fingerprint density at radius 1 is 0.559 bits per heavy atom. The average Bonchev–Trinajstić information content (AvgIpc) is 3.86. The molecule has 0 atom stereocenters. The normalized spacial score (nSPS) is 14.6. The zero-order valence-electron chi connectivity index (χ0n) is 33.9. The highest BCUT2D eigenvalue weighted by molar-refractivity contribution is 6.90. The lowest BCUT2D eigenvalue weighted by molar-refractivity contribution is 0.590. The molecule has 3 aliphatic rings. The lowest BCUT2D eigenvalue weighted by atomic mass is 9.44. The van der Waals surface area contributed by atoms with Gasteiger partial charge in [-0.1, -0.05) is 162 Å². The molecular weight excluding hydrogens is 715 g/mol. The monoisotopic (exact) mass is 756 g/mol. The fourth-order valence-corrected chi connectivity index (χ4v) is 11.1. The molecule has 0 radical (unpaired) electrons. The first-order valence-electron chi connectivity index (χ1n) is 21.0. The fourth-order valence-electron chi connectivity index (χ4n) is 11.1. The number of aromatic nitrogens is 1. The van der Waals surface area contributed by atoms with E-state index in [-0.39, 0.29) is 17.7 Å². The van der Waals surface area contributed by atoms with Crippen molar-refractivity contribution in [2.45, 2.75) is 45.4 Å². The number of anilines is 3. The minimum absolute atomic E-state index is 0.0207. The molecule has 0 amide bonds. The molecule has 0 unspecified atom stereocenters. The zero-order chi connectivity index (χ0) is 39.5. The highest BCUT2D eigenvalue weighted by Crippen LogP contribution is 2.54. The molecule has 2 aliphatic heterocycles. The van der Waals surface area contributed by atoms with Gasteiger partial charge in [0.2, 0.25) is 0 Å². The highest BCUT2D eigenvalue weighted by Gasteiger charge is 2.47. The Morgan fingerprint density at radius 2 is 1.29 bits per heavy atom. The third-order valence-corrected chi connectivity index (χ3v) is 13.9. The first-order valence-corrected chi connectivity index (χ1v) is 21.0. The molecule has 4 heteroatoms. The summed E-state index contributed by atoms with van der Waals surface area (Å²) in [4.78, 5) is 2.62. The molecule has 4 heterocycles. The van der Waals surface area contributed by atoms with E-state index in [2.05, 4.69) is 202 Å². The van der Waals surface area contributed by atoms with Crippen LogP contribution < -0.4 is 15.8 Å². The first-order chi connectivity index (χ1) is 28.7. The Kier molecular flexibility index (Phi) is 6.33. The molecule has 0 fully saturated rings. The molecule has 1 aliphatic carbocycles. The minimum Gasteiger partial charge on any atom is -0.441 e. The number of nitrogens with zero attached hydrogens (tertiary/aromatic N) is 2. The second-order valence-corrected chi connectivity index (χ2v) is 18.5. The first kappa shape index (κ1) is 33.2. The average molecular weight is 757 g/mol. The van der Waals surface area contributed by atoms with Crippen LogP contribution in [0.1, 0.15) is 51.3 Å². The van der Waals surface area contributed by atoms with E-state index in [1.165, 1.54) is 105 Å². The summed E-state index contributed by atoms with van der Waals surface area (Å²) in [5, 5.41) is 6.11. The van der Waals surface area contributed by atoms with E-state index < -0.39 is 0 Å². The van der Waals surface area contributed by atoms with E-state index in [0.717, 1.165) is 16.7 Å². The molecule has 8 aromatic carbocycles.